The molecule has 1 atom stereocenters. The molecular weight excluding hydrogens is 469 g/mol. The van der Waals surface area contributed by atoms with Crippen LogP contribution >= 0.6 is 47.3 Å². The van der Waals surface area contributed by atoms with Gasteiger partial charge >= 0.3 is 0 Å². The number of ether oxygens (including phenoxy) is 1. The lowest BCUT2D eigenvalue weighted by molar-refractivity contribution is 0.0794. The zero-order valence-electron chi connectivity index (χ0n) is 15.2. The van der Waals surface area contributed by atoms with Crippen molar-refractivity contribution in [3.8, 4) is 0 Å². The summed E-state index contributed by atoms with van der Waals surface area (Å²) >= 11 is 8.21. The minimum absolute atomic E-state index is 0. The molecule has 1 aromatic carbocycles. The van der Waals surface area contributed by atoms with Crippen LogP contribution in [0.25, 0.3) is 0 Å². The molecule has 1 aliphatic rings. The highest BCUT2D eigenvalue weighted by atomic mass is 127. The fourth-order valence-corrected chi connectivity index (χ4v) is 3.89. The number of guanidine groups is 1. The van der Waals surface area contributed by atoms with Crippen LogP contribution in [0.15, 0.2) is 29.3 Å². The zero-order chi connectivity index (χ0) is 17.4. The van der Waals surface area contributed by atoms with E-state index in [1.807, 2.05) is 36.0 Å². The lowest BCUT2D eigenvalue weighted by Gasteiger charge is -2.34. The van der Waals surface area contributed by atoms with E-state index >= 15 is 0 Å². The summed E-state index contributed by atoms with van der Waals surface area (Å²) in [6.07, 6.45) is 4.28. The molecule has 7 heteroatoms. The number of nitrogens with one attached hydrogen (secondary N) is 2. The third kappa shape index (κ3) is 6.81. The molecule has 0 radical (unpaired) electrons. The number of hydrogen-bond donors (Lipinski definition) is 2. The maximum Gasteiger partial charge on any atom is 0.191 e. The van der Waals surface area contributed by atoms with E-state index in [1.54, 1.807) is 0 Å². The van der Waals surface area contributed by atoms with Crippen LogP contribution in [-0.2, 0) is 4.74 Å². The smallest absolute Gasteiger partial charge is 0.191 e. The second-order valence-corrected chi connectivity index (χ2v) is 7.76. The molecule has 2 rings (SSSR count). The van der Waals surface area contributed by atoms with E-state index in [2.05, 4.69) is 30.7 Å². The first-order valence-corrected chi connectivity index (χ1v) is 10.1. The van der Waals surface area contributed by atoms with Crippen molar-refractivity contribution in [1.82, 2.24) is 10.6 Å². The topological polar surface area (TPSA) is 45.7 Å². The highest BCUT2D eigenvalue weighted by Gasteiger charge is 2.31. The van der Waals surface area contributed by atoms with Crippen LogP contribution in [0.4, 0.5) is 0 Å². The van der Waals surface area contributed by atoms with Crippen molar-refractivity contribution >= 4 is 53.3 Å². The molecule has 1 unspecified atom stereocenters. The quantitative estimate of drug-likeness (QED) is 0.345. The summed E-state index contributed by atoms with van der Waals surface area (Å²) in [4.78, 5) is 4.85. The molecule has 0 saturated carbocycles. The number of rotatable bonds is 6. The average molecular weight is 498 g/mol. The van der Waals surface area contributed by atoms with E-state index in [4.69, 9.17) is 21.3 Å². The monoisotopic (exact) mass is 497 g/mol. The van der Waals surface area contributed by atoms with Crippen LogP contribution in [0.3, 0.4) is 0 Å². The number of nitrogens with zero attached hydrogens (tertiary/aromatic N) is 1. The van der Waals surface area contributed by atoms with Gasteiger partial charge in [-0.3, -0.25) is 4.99 Å². The largest absolute Gasteiger partial charge is 0.381 e. The number of benzene rings is 1. The Balaban J connectivity index is 0.00000312. The van der Waals surface area contributed by atoms with E-state index in [1.165, 1.54) is 0 Å². The minimum Gasteiger partial charge on any atom is -0.381 e. The van der Waals surface area contributed by atoms with Crippen LogP contribution in [-0.4, -0.2) is 43.3 Å². The highest BCUT2D eigenvalue weighted by Crippen LogP contribution is 2.34. The van der Waals surface area contributed by atoms with Gasteiger partial charge in [-0.2, -0.15) is 11.8 Å². The van der Waals surface area contributed by atoms with Gasteiger partial charge in [0.2, 0.25) is 0 Å². The van der Waals surface area contributed by atoms with Gasteiger partial charge in [0.1, 0.15) is 0 Å². The van der Waals surface area contributed by atoms with Gasteiger partial charge in [0.25, 0.3) is 0 Å². The average Bonchev–Trinajstić information content (AvgIpc) is 2.61. The lowest BCUT2D eigenvalue weighted by atomic mass is 9.99. The van der Waals surface area contributed by atoms with Crippen molar-refractivity contribution in [3.63, 3.8) is 0 Å². The Morgan fingerprint density at radius 3 is 2.64 bits per heavy atom. The van der Waals surface area contributed by atoms with E-state index in [0.29, 0.717) is 0 Å². The van der Waals surface area contributed by atoms with Crippen molar-refractivity contribution in [3.05, 3.63) is 34.9 Å². The maximum absolute atomic E-state index is 6.31. The molecule has 1 aliphatic heterocycles. The molecular formula is C18H29ClIN3OS. The number of hydrogen-bond acceptors (Lipinski definition) is 3. The fourth-order valence-electron chi connectivity index (χ4n) is 2.82. The van der Waals surface area contributed by atoms with Crippen LogP contribution in [0.2, 0.25) is 5.02 Å². The Morgan fingerprint density at radius 1 is 1.36 bits per heavy atom. The molecule has 4 nitrogen and oxygen atoms in total. The molecule has 1 saturated heterocycles. The second kappa shape index (κ2) is 11.5. The molecule has 0 aliphatic carbocycles. The first-order chi connectivity index (χ1) is 11.6. The predicted molar refractivity (Wildman–Crippen MR) is 121 cm³/mol. The Bertz CT molecular complexity index is 553. The Labute approximate surface area is 177 Å². The van der Waals surface area contributed by atoms with Crippen molar-refractivity contribution in [2.45, 2.75) is 37.5 Å². The molecule has 1 fully saturated rings. The minimum atomic E-state index is 0. The van der Waals surface area contributed by atoms with Crippen molar-refractivity contribution < 1.29 is 4.74 Å². The zero-order valence-corrected chi connectivity index (χ0v) is 19.1. The van der Waals surface area contributed by atoms with Crippen LogP contribution in [0.5, 0.6) is 0 Å². The lowest BCUT2D eigenvalue weighted by Crippen LogP contribution is -2.41. The van der Waals surface area contributed by atoms with Gasteiger partial charge in [0, 0.05) is 29.5 Å². The fraction of sp³-hybridized carbons (Fsp3) is 0.611. The van der Waals surface area contributed by atoms with Crippen LogP contribution in [0, 0.1) is 0 Å². The van der Waals surface area contributed by atoms with E-state index in [9.17, 15) is 0 Å². The molecule has 0 bridgehead atoms. The summed E-state index contributed by atoms with van der Waals surface area (Å²) in [5.41, 5.74) is 1.08. The van der Waals surface area contributed by atoms with E-state index < -0.39 is 0 Å². The Morgan fingerprint density at radius 2 is 2.04 bits per heavy atom. The number of halogens is 2. The third-order valence-corrected chi connectivity index (χ3v) is 6.18. The summed E-state index contributed by atoms with van der Waals surface area (Å²) in [6, 6.07) is 8.02. The first kappa shape index (κ1) is 22.9. The molecule has 0 amide bonds. The molecule has 0 aromatic heterocycles. The SMILES string of the molecule is CCNC(=NCC1(SC)CCOCC1)NC(C)c1ccccc1Cl.I. The number of aliphatic imine (C=N–C) groups is 1. The van der Waals surface area contributed by atoms with Crippen molar-refractivity contribution in [1.29, 1.82) is 0 Å². The van der Waals surface area contributed by atoms with Gasteiger partial charge in [0.05, 0.1) is 12.6 Å². The van der Waals surface area contributed by atoms with Gasteiger partial charge in [-0.1, -0.05) is 29.8 Å². The first-order valence-electron chi connectivity index (χ1n) is 8.52. The number of thioether (sulfide) groups is 1. The second-order valence-electron chi connectivity index (χ2n) is 6.08. The van der Waals surface area contributed by atoms with Gasteiger partial charge in [0.15, 0.2) is 5.96 Å². The van der Waals surface area contributed by atoms with Crippen molar-refractivity contribution in [2.24, 2.45) is 4.99 Å². The molecule has 142 valence electrons. The molecule has 2 N–H and O–H groups in total. The standard InChI is InChI=1S/C18H28ClN3OS.HI/c1-4-20-17(21-13-18(24-3)9-11-23-12-10-18)22-14(2)15-7-5-6-8-16(15)19;/h5-8,14H,4,9-13H2,1-3H3,(H2,20,21,22);1H. The van der Waals surface area contributed by atoms with Crippen LogP contribution < -0.4 is 10.6 Å². The van der Waals surface area contributed by atoms with E-state index in [0.717, 1.165) is 55.7 Å². The van der Waals surface area contributed by atoms with E-state index in [-0.39, 0.29) is 34.8 Å². The highest BCUT2D eigenvalue weighted by molar-refractivity contribution is 14.0. The summed E-state index contributed by atoms with van der Waals surface area (Å²) in [7, 11) is 0. The molecule has 0 spiro atoms. The summed E-state index contributed by atoms with van der Waals surface area (Å²) < 4.78 is 5.70. The normalized spacial score (nSPS) is 18.2. The van der Waals surface area contributed by atoms with Gasteiger partial charge in [-0.05, 0) is 44.6 Å². The predicted octanol–water partition coefficient (Wildman–Crippen LogP) is 4.49. The Kier molecular flexibility index (Phi) is 10.5. The maximum atomic E-state index is 6.31. The van der Waals surface area contributed by atoms with Gasteiger partial charge in [-0.25, -0.2) is 0 Å². The molecule has 25 heavy (non-hydrogen) atoms. The third-order valence-electron chi connectivity index (χ3n) is 4.43. The summed E-state index contributed by atoms with van der Waals surface area (Å²) in [6.45, 7) is 7.47. The molecule has 1 aromatic rings. The Hall–Kier alpha value is -0.180. The van der Waals surface area contributed by atoms with Gasteiger partial charge < -0.3 is 15.4 Å². The van der Waals surface area contributed by atoms with Crippen LogP contribution in [0.1, 0.15) is 38.3 Å². The summed E-state index contributed by atoms with van der Waals surface area (Å²) in [5.74, 6) is 0.838. The summed E-state index contributed by atoms with van der Waals surface area (Å²) in [5, 5.41) is 7.59. The van der Waals surface area contributed by atoms with Crippen molar-refractivity contribution in [2.75, 3.05) is 32.6 Å². The van der Waals surface area contributed by atoms with Gasteiger partial charge in [-0.15, -0.1) is 24.0 Å². The molecule has 1 heterocycles.